The number of hydrogen-bond donors (Lipinski definition) is 0. The van der Waals surface area contributed by atoms with E-state index in [0.717, 1.165) is 0 Å². The molecule has 0 fully saturated rings. The fourth-order valence-corrected chi connectivity index (χ4v) is 1.82. The lowest BCUT2D eigenvalue weighted by Gasteiger charge is -1.98. The van der Waals surface area contributed by atoms with Crippen molar-refractivity contribution in [3.8, 4) is 0 Å². The van der Waals surface area contributed by atoms with Crippen LogP contribution in [0.5, 0.6) is 0 Å². The maximum Gasteiger partial charge on any atom is 0.288 e. The summed E-state index contributed by atoms with van der Waals surface area (Å²) in [5.74, 6) is 0. The minimum absolute atomic E-state index is 0.0971. The molecule has 2 rings (SSSR count). The number of para-hydroxylation sites is 1. The second kappa shape index (κ2) is 5.82. The molecule has 0 aliphatic heterocycles. The highest BCUT2D eigenvalue weighted by Gasteiger charge is 2.11. The van der Waals surface area contributed by atoms with Gasteiger partial charge >= 0.3 is 0 Å². The van der Waals surface area contributed by atoms with E-state index in [2.05, 4.69) is 4.99 Å². The van der Waals surface area contributed by atoms with E-state index >= 15 is 0 Å². The smallest absolute Gasteiger partial charge is 0.258 e. The molecule has 0 aromatic heterocycles. The van der Waals surface area contributed by atoms with E-state index in [9.17, 15) is 10.1 Å². The molecule has 0 N–H and O–H groups in total. The molecule has 4 nitrogen and oxygen atoms in total. The molecule has 0 saturated heterocycles. The van der Waals surface area contributed by atoms with Crippen LogP contribution in [0.1, 0.15) is 5.56 Å². The zero-order valence-corrected chi connectivity index (χ0v) is 11.1. The molecular weight excluding hydrogens is 287 g/mol. The van der Waals surface area contributed by atoms with Gasteiger partial charge in [-0.1, -0.05) is 41.4 Å². The minimum Gasteiger partial charge on any atom is -0.258 e. The second-order valence-corrected chi connectivity index (χ2v) is 4.49. The van der Waals surface area contributed by atoms with E-state index in [0.29, 0.717) is 16.3 Å². The monoisotopic (exact) mass is 294 g/mol. The number of hydrogen-bond acceptors (Lipinski definition) is 3. The Kier molecular flexibility index (Phi) is 4.14. The van der Waals surface area contributed by atoms with E-state index in [1.165, 1.54) is 18.3 Å². The summed E-state index contributed by atoms with van der Waals surface area (Å²) < 4.78 is 0. The topological polar surface area (TPSA) is 55.5 Å². The van der Waals surface area contributed by atoms with Gasteiger partial charge in [-0.3, -0.25) is 15.1 Å². The van der Waals surface area contributed by atoms with Crippen LogP contribution in [0.4, 0.5) is 11.4 Å². The van der Waals surface area contributed by atoms with Crippen molar-refractivity contribution in [1.82, 2.24) is 0 Å². The van der Waals surface area contributed by atoms with E-state index < -0.39 is 4.92 Å². The van der Waals surface area contributed by atoms with E-state index in [1.54, 1.807) is 24.3 Å². The van der Waals surface area contributed by atoms with Crippen LogP contribution in [0.15, 0.2) is 47.5 Å². The van der Waals surface area contributed by atoms with Crippen molar-refractivity contribution in [3.63, 3.8) is 0 Å². The Balaban J connectivity index is 2.32. The molecule has 0 aliphatic carbocycles. The quantitative estimate of drug-likeness (QED) is 0.470. The van der Waals surface area contributed by atoms with E-state index in [-0.39, 0.29) is 10.7 Å². The van der Waals surface area contributed by atoms with Crippen LogP contribution in [0.25, 0.3) is 0 Å². The molecule has 0 amide bonds. The SMILES string of the molecule is O=[N+]([O-])c1cc(/C=N/c2ccccc2Cl)ccc1Cl. The van der Waals surface area contributed by atoms with Crippen molar-refractivity contribution in [1.29, 1.82) is 0 Å². The van der Waals surface area contributed by atoms with Crippen LogP contribution in [0.2, 0.25) is 10.0 Å². The minimum atomic E-state index is -0.533. The Morgan fingerprint density at radius 3 is 2.53 bits per heavy atom. The van der Waals surface area contributed by atoms with Crippen molar-refractivity contribution >= 4 is 40.8 Å². The van der Waals surface area contributed by atoms with E-state index in [4.69, 9.17) is 23.2 Å². The molecule has 6 heteroatoms. The fraction of sp³-hybridized carbons (Fsp3) is 0. The molecule has 0 aliphatic rings. The van der Waals surface area contributed by atoms with Crippen molar-refractivity contribution in [2.45, 2.75) is 0 Å². The number of rotatable bonds is 3. The fourth-order valence-electron chi connectivity index (χ4n) is 1.45. The predicted molar refractivity (Wildman–Crippen MR) is 76.8 cm³/mol. The van der Waals surface area contributed by atoms with Crippen LogP contribution < -0.4 is 0 Å². The standard InChI is InChI=1S/C13H8Cl2N2O2/c14-10-3-1-2-4-12(10)16-8-9-5-6-11(15)13(7-9)17(18)19/h1-8H/b16-8+. The molecule has 2 aromatic carbocycles. The zero-order chi connectivity index (χ0) is 13.8. The molecule has 0 unspecified atom stereocenters. The molecule has 0 radical (unpaired) electrons. The highest BCUT2D eigenvalue weighted by molar-refractivity contribution is 6.33. The first kappa shape index (κ1) is 13.5. The summed E-state index contributed by atoms with van der Waals surface area (Å²) in [4.78, 5) is 14.4. The van der Waals surface area contributed by atoms with Crippen LogP contribution in [-0.4, -0.2) is 11.1 Å². The van der Waals surface area contributed by atoms with Crippen molar-refractivity contribution in [2.75, 3.05) is 0 Å². The van der Waals surface area contributed by atoms with Gasteiger partial charge in [0, 0.05) is 12.3 Å². The Labute approximate surface area is 119 Å². The van der Waals surface area contributed by atoms with Gasteiger partial charge in [0.2, 0.25) is 0 Å². The highest BCUT2D eigenvalue weighted by atomic mass is 35.5. The molecule has 0 spiro atoms. The van der Waals surface area contributed by atoms with Crippen molar-refractivity contribution in [2.24, 2.45) is 4.99 Å². The maximum atomic E-state index is 10.8. The predicted octanol–water partition coefficient (Wildman–Crippen LogP) is 4.65. The Morgan fingerprint density at radius 1 is 1.11 bits per heavy atom. The molecule has 96 valence electrons. The third-order valence-corrected chi connectivity index (χ3v) is 3.01. The molecular formula is C13H8Cl2N2O2. The Bertz CT molecular complexity index is 657. The van der Waals surface area contributed by atoms with Gasteiger partial charge in [-0.2, -0.15) is 0 Å². The van der Waals surface area contributed by atoms with Gasteiger partial charge in [0.1, 0.15) is 5.02 Å². The summed E-state index contributed by atoms with van der Waals surface area (Å²) in [7, 11) is 0. The summed E-state index contributed by atoms with van der Waals surface area (Å²) in [5, 5.41) is 11.4. The number of aliphatic imine (C=N–C) groups is 1. The average Bonchev–Trinajstić information content (AvgIpc) is 2.39. The normalized spacial score (nSPS) is 10.8. The number of nitro groups is 1. The van der Waals surface area contributed by atoms with E-state index in [1.807, 2.05) is 6.07 Å². The highest BCUT2D eigenvalue weighted by Crippen LogP contribution is 2.26. The van der Waals surface area contributed by atoms with Gasteiger partial charge in [-0.15, -0.1) is 0 Å². The maximum absolute atomic E-state index is 10.8. The summed E-state index contributed by atoms with van der Waals surface area (Å²) in [6.45, 7) is 0. The van der Waals surface area contributed by atoms with Crippen molar-refractivity contribution in [3.05, 3.63) is 68.2 Å². The lowest BCUT2D eigenvalue weighted by atomic mass is 10.2. The van der Waals surface area contributed by atoms with Gasteiger partial charge in [0.25, 0.3) is 5.69 Å². The number of nitrogens with zero attached hydrogens (tertiary/aromatic N) is 2. The van der Waals surface area contributed by atoms with Crippen LogP contribution in [0.3, 0.4) is 0 Å². The second-order valence-electron chi connectivity index (χ2n) is 3.68. The molecule has 0 atom stereocenters. The summed E-state index contributed by atoms with van der Waals surface area (Å²) in [5.41, 5.74) is 1.03. The van der Waals surface area contributed by atoms with Crippen LogP contribution in [-0.2, 0) is 0 Å². The average molecular weight is 295 g/mol. The Hall–Kier alpha value is -1.91. The van der Waals surface area contributed by atoms with Crippen molar-refractivity contribution < 1.29 is 4.92 Å². The van der Waals surface area contributed by atoms with Crippen LogP contribution in [0, 0.1) is 10.1 Å². The number of benzene rings is 2. The van der Waals surface area contributed by atoms with Gasteiger partial charge in [-0.05, 0) is 23.8 Å². The summed E-state index contributed by atoms with van der Waals surface area (Å²) in [6, 6.07) is 11.6. The summed E-state index contributed by atoms with van der Waals surface area (Å²) >= 11 is 11.7. The molecule has 0 bridgehead atoms. The van der Waals surface area contributed by atoms with Gasteiger partial charge in [0.15, 0.2) is 0 Å². The zero-order valence-electron chi connectivity index (χ0n) is 9.59. The molecule has 19 heavy (non-hydrogen) atoms. The first-order chi connectivity index (χ1) is 9.08. The van der Waals surface area contributed by atoms with Gasteiger partial charge in [-0.25, -0.2) is 0 Å². The lowest BCUT2D eigenvalue weighted by Crippen LogP contribution is -1.91. The first-order valence-electron chi connectivity index (χ1n) is 5.30. The lowest BCUT2D eigenvalue weighted by molar-refractivity contribution is -0.384. The number of halogens is 2. The van der Waals surface area contributed by atoms with Gasteiger partial charge in [0.05, 0.1) is 15.6 Å². The Morgan fingerprint density at radius 2 is 1.84 bits per heavy atom. The molecule has 2 aromatic rings. The van der Waals surface area contributed by atoms with Crippen LogP contribution >= 0.6 is 23.2 Å². The number of nitro benzene ring substituents is 1. The summed E-state index contributed by atoms with van der Waals surface area (Å²) in [6.07, 6.45) is 1.50. The van der Waals surface area contributed by atoms with Gasteiger partial charge < -0.3 is 0 Å². The first-order valence-corrected chi connectivity index (χ1v) is 6.06. The molecule has 0 heterocycles. The molecule has 0 saturated carbocycles. The largest absolute Gasteiger partial charge is 0.288 e. The third kappa shape index (κ3) is 3.30. The third-order valence-electron chi connectivity index (χ3n) is 2.37.